The first-order valence-corrected chi connectivity index (χ1v) is 11.2. The molecular weight excluding hydrogens is 370 g/mol. The molecule has 2 aromatic rings. The highest BCUT2D eigenvalue weighted by Gasteiger charge is 2.16. The van der Waals surface area contributed by atoms with Crippen LogP contribution in [-0.2, 0) is 19.4 Å². The van der Waals surface area contributed by atoms with E-state index in [9.17, 15) is 0 Å². The first kappa shape index (κ1) is 20.6. The molecule has 1 fully saturated rings. The molecule has 1 aliphatic rings. The lowest BCUT2D eigenvalue weighted by Crippen LogP contribution is -2.38. The van der Waals surface area contributed by atoms with Gasteiger partial charge in [-0.2, -0.15) is 0 Å². The molecule has 1 saturated carbocycles. The predicted octanol–water partition coefficient (Wildman–Crippen LogP) is 3.72. The zero-order chi connectivity index (χ0) is 19.6. The molecule has 7 heteroatoms. The van der Waals surface area contributed by atoms with Gasteiger partial charge in [0.2, 0.25) is 5.88 Å². The third-order valence-electron chi connectivity index (χ3n) is 4.73. The highest BCUT2D eigenvalue weighted by molar-refractivity contribution is 7.11. The summed E-state index contributed by atoms with van der Waals surface area (Å²) in [6, 6.07) is 4.00. The Hall–Kier alpha value is -2.15. The zero-order valence-corrected chi connectivity index (χ0v) is 17.7. The lowest BCUT2D eigenvalue weighted by Gasteiger charge is -2.12. The van der Waals surface area contributed by atoms with Gasteiger partial charge < -0.3 is 15.4 Å². The Bertz CT molecular complexity index is 738. The summed E-state index contributed by atoms with van der Waals surface area (Å²) in [6.07, 6.45) is 11.0. The van der Waals surface area contributed by atoms with Gasteiger partial charge in [-0.05, 0) is 44.6 Å². The Morgan fingerprint density at radius 2 is 2.04 bits per heavy atom. The molecule has 152 valence electrons. The number of nitrogens with one attached hydrogen (secondary N) is 2. The van der Waals surface area contributed by atoms with Gasteiger partial charge in [0.05, 0.1) is 11.6 Å². The molecule has 0 radical (unpaired) electrons. The largest absolute Gasteiger partial charge is 0.474 e. The second-order valence-electron chi connectivity index (χ2n) is 6.97. The summed E-state index contributed by atoms with van der Waals surface area (Å²) in [4.78, 5) is 14.9. The number of hydrogen-bond donors (Lipinski definition) is 2. The molecule has 0 amide bonds. The average molecular weight is 402 g/mol. The van der Waals surface area contributed by atoms with Gasteiger partial charge in [-0.3, -0.25) is 0 Å². The van der Waals surface area contributed by atoms with E-state index in [-0.39, 0.29) is 0 Å². The summed E-state index contributed by atoms with van der Waals surface area (Å²) in [7, 11) is 0. The van der Waals surface area contributed by atoms with Crippen molar-refractivity contribution in [3.63, 3.8) is 0 Å². The second-order valence-corrected chi connectivity index (χ2v) is 8.17. The Kier molecular flexibility index (Phi) is 8.08. The molecule has 3 rings (SSSR count). The van der Waals surface area contributed by atoms with Gasteiger partial charge in [0.1, 0.15) is 6.10 Å². The summed E-state index contributed by atoms with van der Waals surface area (Å²) in [5.74, 6) is 1.54. The molecular formula is C21H31N5OS. The summed E-state index contributed by atoms with van der Waals surface area (Å²) < 4.78 is 5.92. The van der Waals surface area contributed by atoms with Crippen LogP contribution in [0.15, 0.2) is 29.5 Å². The Morgan fingerprint density at radius 3 is 2.71 bits per heavy atom. The molecule has 0 bridgehead atoms. The van der Waals surface area contributed by atoms with Gasteiger partial charge in [0.25, 0.3) is 0 Å². The highest BCUT2D eigenvalue weighted by atomic mass is 32.1. The molecule has 2 heterocycles. The van der Waals surface area contributed by atoms with Crippen molar-refractivity contribution < 1.29 is 4.74 Å². The summed E-state index contributed by atoms with van der Waals surface area (Å²) >= 11 is 1.79. The van der Waals surface area contributed by atoms with Crippen molar-refractivity contribution in [2.45, 2.75) is 65.0 Å². The van der Waals surface area contributed by atoms with Crippen LogP contribution in [0, 0.1) is 0 Å². The minimum atomic E-state index is 0.340. The van der Waals surface area contributed by atoms with E-state index in [2.05, 4.69) is 39.4 Å². The molecule has 2 N–H and O–H groups in total. The van der Waals surface area contributed by atoms with E-state index in [1.807, 2.05) is 24.5 Å². The number of thiazole rings is 1. The van der Waals surface area contributed by atoms with Crippen LogP contribution in [0.5, 0.6) is 5.88 Å². The van der Waals surface area contributed by atoms with E-state index >= 15 is 0 Å². The smallest absolute Gasteiger partial charge is 0.213 e. The molecule has 0 spiro atoms. The number of nitrogens with zero attached hydrogens (tertiary/aromatic N) is 3. The average Bonchev–Trinajstić information content (AvgIpc) is 3.39. The number of aryl methyl sites for hydroxylation is 1. The lowest BCUT2D eigenvalue weighted by atomic mass is 10.3. The van der Waals surface area contributed by atoms with E-state index < -0.39 is 0 Å². The number of ether oxygens (including phenoxy) is 1. The summed E-state index contributed by atoms with van der Waals surface area (Å²) in [5.41, 5.74) is 1.07. The second kappa shape index (κ2) is 11.0. The lowest BCUT2D eigenvalue weighted by molar-refractivity contribution is 0.201. The fraction of sp³-hybridized carbons (Fsp3) is 0.571. The fourth-order valence-electron chi connectivity index (χ4n) is 3.18. The fourth-order valence-corrected chi connectivity index (χ4v) is 4.04. The Morgan fingerprint density at radius 1 is 1.18 bits per heavy atom. The van der Waals surface area contributed by atoms with Crippen molar-refractivity contribution in [2.24, 2.45) is 4.99 Å². The number of aliphatic imine (C=N–C) groups is 1. The van der Waals surface area contributed by atoms with Crippen molar-refractivity contribution >= 4 is 17.3 Å². The van der Waals surface area contributed by atoms with Gasteiger partial charge >= 0.3 is 0 Å². The maximum atomic E-state index is 5.92. The Labute approximate surface area is 171 Å². The minimum Gasteiger partial charge on any atom is -0.474 e. The molecule has 1 aliphatic carbocycles. The number of pyridine rings is 1. The topological polar surface area (TPSA) is 71.4 Å². The van der Waals surface area contributed by atoms with Crippen LogP contribution in [0.25, 0.3) is 0 Å². The molecule has 2 aromatic heterocycles. The number of guanidine groups is 1. The van der Waals surface area contributed by atoms with Crippen LogP contribution >= 0.6 is 11.3 Å². The van der Waals surface area contributed by atoms with Gasteiger partial charge in [-0.15, -0.1) is 11.3 Å². The number of hydrogen-bond acceptors (Lipinski definition) is 5. The van der Waals surface area contributed by atoms with Crippen molar-refractivity contribution in [1.29, 1.82) is 0 Å². The van der Waals surface area contributed by atoms with Crippen LogP contribution in [0.1, 0.15) is 55.0 Å². The molecule has 0 aromatic carbocycles. The van der Waals surface area contributed by atoms with Crippen molar-refractivity contribution in [2.75, 3.05) is 13.1 Å². The minimum absolute atomic E-state index is 0.340. The van der Waals surface area contributed by atoms with E-state index in [0.29, 0.717) is 12.6 Å². The van der Waals surface area contributed by atoms with Crippen LogP contribution in [0.2, 0.25) is 0 Å². The zero-order valence-electron chi connectivity index (χ0n) is 16.9. The molecule has 0 atom stereocenters. The number of rotatable bonds is 9. The van der Waals surface area contributed by atoms with Gasteiger partial charge in [-0.1, -0.05) is 13.0 Å². The van der Waals surface area contributed by atoms with Crippen molar-refractivity contribution in [3.8, 4) is 5.88 Å². The number of aromatic nitrogens is 2. The SMILES string of the molecule is CCNC(=NCc1ccc(OC2CCCC2)nc1)NCCc1ncc(CC)s1. The summed E-state index contributed by atoms with van der Waals surface area (Å²) in [6.45, 7) is 6.46. The highest BCUT2D eigenvalue weighted by Crippen LogP contribution is 2.22. The molecule has 28 heavy (non-hydrogen) atoms. The van der Waals surface area contributed by atoms with Crippen LogP contribution < -0.4 is 15.4 Å². The quantitative estimate of drug-likeness (QED) is 0.495. The third-order valence-corrected chi connectivity index (χ3v) is 5.93. The first-order valence-electron chi connectivity index (χ1n) is 10.3. The van der Waals surface area contributed by atoms with E-state index in [0.717, 1.165) is 56.2 Å². The maximum Gasteiger partial charge on any atom is 0.213 e. The third kappa shape index (κ3) is 6.48. The van der Waals surface area contributed by atoms with Crippen molar-refractivity contribution in [3.05, 3.63) is 40.0 Å². The van der Waals surface area contributed by atoms with Crippen LogP contribution in [-0.4, -0.2) is 35.1 Å². The van der Waals surface area contributed by atoms with Crippen LogP contribution in [0.3, 0.4) is 0 Å². The summed E-state index contributed by atoms with van der Waals surface area (Å²) in [5, 5.41) is 7.85. The van der Waals surface area contributed by atoms with Gasteiger partial charge in [0.15, 0.2) is 5.96 Å². The molecule has 0 saturated heterocycles. The standard InChI is InChI=1S/C21H31N5OS/c1-3-18-15-25-20(28-18)11-12-23-21(22-4-2)26-14-16-9-10-19(24-13-16)27-17-7-5-6-8-17/h9-10,13,15,17H,3-8,11-12,14H2,1-2H3,(H2,22,23,26). The normalized spacial score (nSPS) is 15.0. The molecule has 0 unspecified atom stereocenters. The monoisotopic (exact) mass is 401 g/mol. The first-order chi connectivity index (χ1) is 13.8. The van der Waals surface area contributed by atoms with E-state index in [4.69, 9.17) is 4.74 Å². The molecule has 0 aliphatic heterocycles. The van der Waals surface area contributed by atoms with Crippen LogP contribution in [0.4, 0.5) is 0 Å². The van der Waals surface area contributed by atoms with E-state index in [1.54, 1.807) is 11.3 Å². The van der Waals surface area contributed by atoms with E-state index in [1.165, 1.54) is 22.7 Å². The van der Waals surface area contributed by atoms with Gasteiger partial charge in [0, 0.05) is 42.8 Å². The van der Waals surface area contributed by atoms with Gasteiger partial charge in [-0.25, -0.2) is 15.0 Å². The Balaban J connectivity index is 1.47. The predicted molar refractivity (Wildman–Crippen MR) is 115 cm³/mol. The van der Waals surface area contributed by atoms with Crippen molar-refractivity contribution in [1.82, 2.24) is 20.6 Å². The maximum absolute atomic E-state index is 5.92. The molecule has 6 nitrogen and oxygen atoms in total.